The fraction of sp³-hybridized carbons (Fsp3) is 0.300. The van der Waals surface area contributed by atoms with Crippen molar-refractivity contribution in [1.29, 1.82) is 5.26 Å². The number of hydrogen-bond acceptors (Lipinski definition) is 6. The van der Waals surface area contributed by atoms with Crippen LogP contribution in [0.3, 0.4) is 0 Å². The lowest BCUT2D eigenvalue weighted by Gasteiger charge is -2.07. The molecule has 0 aliphatic heterocycles. The molecule has 0 radical (unpaired) electrons. The average molecular weight is 266 g/mol. The highest BCUT2D eigenvalue weighted by molar-refractivity contribution is 7.89. The molecule has 8 heteroatoms. The van der Waals surface area contributed by atoms with Gasteiger partial charge in [0.25, 0.3) is 0 Å². The Bertz CT molecular complexity index is 701. The summed E-state index contributed by atoms with van der Waals surface area (Å²) in [6.07, 6.45) is 0. The van der Waals surface area contributed by atoms with Crippen LogP contribution in [0.15, 0.2) is 27.7 Å². The molecule has 0 aliphatic rings. The molecule has 94 valence electrons. The molecule has 1 atom stereocenters. The summed E-state index contributed by atoms with van der Waals surface area (Å²) in [5.41, 5.74) is 0.542. The minimum Gasteiger partial charge on any atom is -0.243 e. The van der Waals surface area contributed by atoms with E-state index < -0.39 is 15.9 Å². The van der Waals surface area contributed by atoms with Crippen LogP contribution in [0.5, 0.6) is 0 Å². The molecule has 1 aromatic heterocycles. The second kappa shape index (κ2) is 4.72. The molecule has 0 saturated heterocycles. The summed E-state index contributed by atoms with van der Waals surface area (Å²) in [5.74, 6) is -0.408. The van der Waals surface area contributed by atoms with Gasteiger partial charge in [0.05, 0.1) is 12.0 Å². The number of fused-ring (bicyclic) bond motifs is 1. The molecule has 0 fully saturated rings. The SMILES string of the molecule is C[C@H](C#N)CNS(=O)(=O)c1cccc2nonc12. The maximum absolute atomic E-state index is 12.0. The second-order valence-electron chi connectivity index (χ2n) is 3.77. The summed E-state index contributed by atoms with van der Waals surface area (Å²) in [5, 5.41) is 15.8. The molecule has 7 nitrogen and oxygen atoms in total. The molecule has 18 heavy (non-hydrogen) atoms. The van der Waals surface area contributed by atoms with Gasteiger partial charge in [-0.25, -0.2) is 17.8 Å². The fourth-order valence-corrected chi connectivity index (χ4v) is 2.64. The highest BCUT2D eigenvalue weighted by Crippen LogP contribution is 2.19. The third-order valence-electron chi connectivity index (χ3n) is 2.34. The van der Waals surface area contributed by atoms with Crippen LogP contribution < -0.4 is 4.72 Å². The van der Waals surface area contributed by atoms with Crippen LogP contribution in [0.2, 0.25) is 0 Å². The summed E-state index contributed by atoms with van der Waals surface area (Å²) in [6.45, 7) is 1.67. The van der Waals surface area contributed by atoms with Crippen molar-refractivity contribution in [2.45, 2.75) is 11.8 Å². The first kappa shape index (κ1) is 12.5. The van der Waals surface area contributed by atoms with Crippen molar-refractivity contribution >= 4 is 21.1 Å². The van der Waals surface area contributed by atoms with Gasteiger partial charge in [-0.15, -0.1) is 0 Å². The number of nitrogens with zero attached hydrogens (tertiary/aromatic N) is 3. The molecule has 0 spiro atoms. The molecule has 0 amide bonds. The van der Waals surface area contributed by atoms with Gasteiger partial charge in [-0.2, -0.15) is 5.26 Å². The van der Waals surface area contributed by atoms with E-state index in [1.165, 1.54) is 6.07 Å². The van der Waals surface area contributed by atoms with Gasteiger partial charge in [0.1, 0.15) is 10.4 Å². The van der Waals surface area contributed by atoms with E-state index in [1.807, 2.05) is 6.07 Å². The number of rotatable bonds is 4. The average Bonchev–Trinajstić information content (AvgIpc) is 2.83. The van der Waals surface area contributed by atoms with Crippen molar-refractivity contribution in [2.24, 2.45) is 5.92 Å². The zero-order valence-electron chi connectivity index (χ0n) is 9.49. The number of hydrogen-bond donors (Lipinski definition) is 1. The number of sulfonamides is 1. The summed E-state index contributed by atoms with van der Waals surface area (Å²) in [7, 11) is -3.73. The molecule has 1 aromatic carbocycles. The largest absolute Gasteiger partial charge is 0.243 e. The standard InChI is InChI=1S/C10H10N4O3S/c1-7(5-11)6-12-18(15,16)9-4-2-3-8-10(9)14-17-13-8/h2-4,7,12H,6H2,1H3/t7-/m1/s1. The fourth-order valence-electron chi connectivity index (χ4n) is 1.36. The first-order chi connectivity index (χ1) is 8.54. The molecule has 0 unspecified atom stereocenters. The van der Waals surface area contributed by atoms with Crippen molar-refractivity contribution in [1.82, 2.24) is 15.0 Å². The molecule has 2 aromatic rings. The summed E-state index contributed by atoms with van der Waals surface area (Å²) < 4.78 is 30.9. The van der Waals surface area contributed by atoms with E-state index in [0.29, 0.717) is 5.52 Å². The van der Waals surface area contributed by atoms with Crippen molar-refractivity contribution < 1.29 is 13.0 Å². The highest BCUT2D eigenvalue weighted by atomic mass is 32.2. The number of nitrogens with one attached hydrogen (secondary N) is 1. The number of benzene rings is 1. The van der Waals surface area contributed by atoms with Crippen LogP contribution in [0.25, 0.3) is 11.0 Å². The smallest absolute Gasteiger partial charge is 0.242 e. The molecule has 0 bridgehead atoms. The van der Waals surface area contributed by atoms with Gasteiger partial charge in [0.15, 0.2) is 5.52 Å². The van der Waals surface area contributed by atoms with E-state index in [9.17, 15) is 8.42 Å². The van der Waals surface area contributed by atoms with Crippen molar-refractivity contribution in [3.63, 3.8) is 0 Å². The van der Waals surface area contributed by atoms with Crippen molar-refractivity contribution in [3.05, 3.63) is 18.2 Å². The van der Waals surface area contributed by atoms with E-state index in [2.05, 4.69) is 19.7 Å². The second-order valence-corrected chi connectivity index (χ2v) is 5.51. The number of nitriles is 1. The van der Waals surface area contributed by atoms with E-state index in [4.69, 9.17) is 5.26 Å². The Morgan fingerprint density at radius 3 is 3.00 bits per heavy atom. The molecular formula is C10H10N4O3S. The van der Waals surface area contributed by atoms with Crippen LogP contribution in [0.1, 0.15) is 6.92 Å². The number of aromatic nitrogens is 2. The summed E-state index contributed by atoms with van der Waals surface area (Å²) in [6, 6.07) is 6.51. The van der Waals surface area contributed by atoms with Gasteiger partial charge in [-0.3, -0.25) is 0 Å². The lowest BCUT2D eigenvalue weighted by Crippen LogP contribution is -2.28. The van der Waals surface area contributed by atoms with Crippen LogP contribution in [0, 0.1) is 17.2 Å². The van der Waals surface area contributed by atoms with Gasteiger partial charge in [0.2, 0.25) is 10.0 Å². The summed E-state index contributed by atoms with van der Waals surface area (Å²) >= 11 is 0. The maximum atomic E-state index is 12.0. The Kier molecular flexibility index (Phi) is 3.27. The molecule has 1 N–H and O–H groups in total. The predicted octanol–water partition coefficient (Wildman–Crippen LogP) is 0.661. The van der Waals surface area contributed by atoms with Crippen molar-refractivity contribution in [2.75, 3.05) is 6.54 Å². The van der Waals surface area contributed by atoms with E-state index in [-0.39, 0.29) is 17.0 Å². The predicted molar refractivity (Wildman–Crippen MR) is 61.8 cm³/mol. The van der Waals surface area contributed by atoms with Crippen LogP contribution >= 0.6 is 0 Å². The van der Waals surface area contributed by atoms with Gasteiger partial charge in [-0.1, -0.05) is 6.07 Å². The Morgan fingerprint density at radius 1 is 1.50 bits per heavy atom. The minimum atomic E-state index is -3.73. The van der Waals surface area contributed by atoms with Crippen LogP contribution in [0.4, 0.5) is 0 Å². The molecular weight excluding hydrogens is 256 g/mol. The van der Waals surface area contributed by atoms with Gasteiger partial charge in [0, 0.05) is 6.54 Å². The van der Waals surface area contributed by atoms with E-state index >= 15 is 0 Å². The Labute approximate surface area is 103 Å². The lowest BCUT2D eigenvalue weighted by molar-refractivity contribution is 0.315. The van der Waals surface area contributed by atoms with Crippen LogP contribution in [-0.4, -0.2) is 25.3 Å². The van der Waals surface area contributed by atoms with Crippen LogP contribution in [-0.2, 0) is 10.0 Å². The Balaban J connectivity index is 2.36. The molecule has 0 saturated carbocycles. The zero-order chi connectivity index (χ0) is 13.2. The monoisotopic (exact) mass is 266 g/mol. The highest BCUT2D eigenvalue weighted by Gasteiger charge is 2.20. The molecule has 2 rings (SSSR count). The third-order valence-corrected chi connectivity index (χ3v) is 3.79. The maximum Gasteiger partial charge on any atom is 0.242 e. The third kappa shape index (κ3) is 2.32. The zero-order valence-corrected chi connectivity index (χ0v) is 10.3. The van der Waals surface area contributed by atoms with Gasteiger partial charge in [-0.05, 0) is 29.4 Å². The quantitative estimate of drug-likeness (QED) is 0.870. The minimum absolute atomic E-state index is 0.00797. The summed E-state index contributed by atoms with van der Waals surface area (Å²) in [4.78, 5) is -0.00797. The normalized spacial score (nSPS) is 13.3. The lowest BCUT2D eigenvalue weighted by atomic mass is 10.2. The van der Waals surface area contributed by atoms with Gasteiger partial charge < -0.3 is 0 Å². The van der Waals surface area contributed by atoms with E-state index in [0.717, 1.165) is 0 Å². The Morgan fingerprint density at radius 2 is 2.28 bits per heavy atom. The van der Waals surface area contributed by atoms with E-state index in [1.54, 1.807) is 19.1 Å². The first-order valence-corrected chi connectivity index (χ1v) is 6.63. The molecule has 1 heterocycles. The van der Waals surface area contributed by atoms with Crippen molar-refractivity contribution in [3.8, 4) is 6.07 Å². The molecule has 0 aliphatic carbocycles. The van der Waals surface area contributed by atoms with Gasteiger partial charge >= 0.3 is 0 Å². The Hall–Kier alpha value is -1.98. The topological polar surface area (TPSA) is 109 Å². The first-order valence-electron chi connectivity index (χ1n) is 5.15.